The minimum Gasteiger partial charge on any atom is -0.383 e. The molecule has 0 spiro atoms. The Kier molecular flexibility index (Phi) is 4.19. The van der Waals surface area contributed by atoms with Gasteiger partial charge in [-0.05, 0) is 61.1 Å². The van der Waals surface area contributed by atoms with E-state index in [-0.39, 0.29) is 0 Å². The first-order chi connectivity index (χ1) is 9.38. The predicted octanol–water partition coefficient (Wildman–Crippen LogP) is 2.66. The molecule has 2 nitrogen and oxygen atoms in total. The maximum absolute atomic E-state index is 5.11. The van der Waals surface area contributed by atoms with Crippen molar-refractivity contribution in [3.8, 4) is 0 Å². The smallest absolute Gasteiger partial charge is 0.0587 e. The predicted molar refractivity (Wildman–Crippen MR) is 78.3 cm³/mol. The Morgan fingerprint density at radius 1 is 1.11 bits per heavy atom. The van der Waals surface area contributed by atoms with E-state index in [1.807, 2.05) is 0 Å². The number of hydrogen-bond donors (Lipinski definition) is 1. The molecule has 104 valence electrons. The first-order valence-corrected chi connectivity index (χ1v) is 7.65. The van der Waals surface area contributed by atoms with Crippen LogP contribution in [-0.4, -0.2) is 26.8 Å². The zero-order valence-corrected chi connectivity index (χ0v) is 11.9. The van der Waals surface area contributed by atoms with Crippen LogP contribution in [0.5, 0.6) is 0 Å². The summed E-state index contributed by atoms with van der Waals surface area (Å²) in [6.45, 7) is 2.98. The lowest BCUT2D eigenvalue weighted by Gasteiger charge is -2.22. The molecule has 0 aliphatic heterocycles. The molecule has 1 N–H and O–H groups in total. The molecule has 0 saturated heterocycles. The van der Waals surface area contributed by atoms with Gasteiger partial charge in [-0.15, -0.1) is 0 Å². The van der Waals surface area contributed by atoms with Gasteiger partial charge >= 0.3 is 0 Å². The van der Waals surface area contributed by atoms with E-state index in [1.54, 1.807) is 18.2 Å². The number of fused-ring (bicyclic) bond motifs is 3. The third-order valence-corrected chi connectivity index (χ3v) is 5.06. The molecule has 2 atom stereocenters. The van der Waals surface area contributed by atoms with Crippen molar-refractivity contribution >= 4 is 0 Å². The lowest BCUT2D eigenvalue weighted by atomic mass is 9.87. The fourth-order valence-electron chi connectivity index (χ4n) is 4.05. The topological polar surface area (TPSA) is 21.3 Å². The van der Waals surface area contributed by atoms with E-state index < -0.39 is 0 Å². The minimum absolute atomic E-state index is 0.822. The van der Waals surface area contributed by atoms with E-state index in [0.717, 1.165) is 30.9 Å². The second-order valence-electron chi connectivity index (χ2n) is 6.14. The highest BCUT2D eigenvalue weighted by Crippen LogP contribution is 2.43. The fraction of sp³-hybridized carbons (Fsp3) is 0.647. The maximum atomic E-state index is 5.11. The van der Waals surface area contributed by atoms with Crippen molar-refractivity contribution in [2.45, 2.75) is 25.7 Å². The van der Waals surface area contributed by atoms with E-state index in [4.69, 9.17) is 4.74 Å². The van der Waals surface area contributed by atoms with Crippen LogP contribution in [-0.2, 0) is 17.6 Å². The molecule has 1 fully saturated rings. The largest absolute Gasteiger partial charge is 0.383 e. The van der Waals surface area contributed by atoms with Gasteiger partial charge in [-0.1, -0.05) is 24.3 Å². The van der Waals surface area contributed by atoms with E-state index >= 15 is 0 Å². The van der Waals surface area contributed by atoms with Crippen LogP contribution >= 0.6 is 0 Å². The summed E-state index contributed by atoms with van der Waals surface area (Å²) < 4.78 is 5.11. The van der Waals surface area contributed by atoms with Crippen molar-refractivity contribution < 1.29 is 4.74 Å². The van der Waals surface area contributed by atoms with E-state index in [1.165, 1.54) is 32.2 Å². The molecule has 0 radical (unpaired) electrons. The fourth-order valence-corrected chi connectivity index (χ4v) is 4.05. The average Bonchev–Trinajstić information content (AvgIpc) is 2.70. The Labute approximate surface area is 116 Å². The molecule has 0 amide bonds. The Morgan fingerprint density at radius 3 is 2.32 bits per heavy atom. The Morgan fingerprint density at radius 2 is 1.74 bits per heavy atom. The summed E-state index contributed by atoms with van der Waals surface area (Å²) >= 11 is 0. The molecule has 2 aliphatic rings. The molecule has 2 aliphatic carbocycles. The summed E-state index contributed by atoms with van der Waals surface area (Å²) in [7, 11) is 1.77. The van der Waals surface area contributed by atoms with Crippen molar-refractivity contribution in [1.82, 2.24) is 5.32 Å². The van der Waals surface area contributed by atoms with Gasteiger partial charge in [0.15, 0.2) is 0 Å². The van der Waals surface area contributed by atoms with Crippen LogP contribution in [0.3, 0.4) is 0 Å². The van der Waals surface area contributed by atoms with Gasteiger partial charge in [0.05, 0.1) is 6.61 Å². The molecule has 3 rings (SSSR count). The molecule has 2 heteroatoms. The van der Waals surface area contributed by atoms with Crippen molar-refractivity contribution in [2.75, 3.05) is 26.8 Å². The number of nitrogens with one attached hydrogen (secondary N) is 1. The molecule has 2 bridgehead atoms. The Hall–Kier alpha value is -0.860. The van der Waals surface area contributed by atoms with Gasteiger partial charge < -0.3 is 10.1 Å². The van der Waals surface area contributed by atoms with Crippen molar-refractivity contribution in [3.05, 3.63) is 35.4 Å². The van der Waals surface area contributed by atoms with Gasteiger partial charge in [-0.2, -0.15) is 0 Å². The summed E-state index contributed by atoms with van der Waals surface area (Å²) in [5, 5.41) is 3.59. The molecule has 1 aromatic rings. The number of rotatable bonds is 5. The quantitative estimate of drug-likeness (QED) is 0.821. The lowest BCUT2D eigenvalue weighted by molar-refractivity contribution is 0.194. The van der Waals surface area contributed by atoms with Gasteiger partial charge in [-0.25, -0.2) is 0 Å². The lowest BCUT2D eigenvalue weighted by Crippen LogP contribution is -2.31. The van der Waals surface area contributed by atoms with Gasteiger partial charge in [0, 0.05) is 13.7 Å². The molecule has 1 saturated carbocycles. The molecule has 2 unspecified atom stereocenters. The van der Waals surface area contributed by atoms with Crippen LogP contribution in [0.25, 0.3) is 0 Å². The summed E-state index contributed by atoms with van der Waals surface area (Å²) in [6, 6.07) is 9.07. The van der Waals surface area contributed by atoms with Crippen LogP contribution < -0.4 is 5.32 Å². The average molecular weight is 259 g/mol. The third kappa shape index (κ3) is 2.85. The molecule has 0 aromatic heterocycles. The highest BCUT2D eigenvalue weighted by Gasteiger charge is 2.38. The molecule has 0 heterocycles. The summed E-state index contributed by atoms with van der Waals surface area (Å²) in [5.41, 5.74) is 3.22. The number of methoxy groups -OCH3 is 1. The molecule has 1 aromatic carbocycles. The minimum atomic E-state index is 0.822. The summed E-state index contributed by atoms with van der Waals surface area (Å²) in [5.74, 6) is 2.65. The highest BCUT2D eigenvalue weighted by molar-refractivity contribution is 5.30. The van der Waals surface area contributed by atoms with E-state index in [9.17, 15) is 0 Å². The van der Waals surface area contributed by atoms with Crippen molar-refractivity contribution in [1.29, 1.82) is 0 Å². The van der Waals surface area contributed by atoms with Crippen molar-refractivity contribution in [2.24, 2.45) is 17.8 Å². The summed E-state index contributed by atoms with van der Waals surface area (Å²) in [6.07, 6.45) is 5.44. The zero-order chi connectivity index (χ0) is 13.1. The van der Waals surface area contributed by atoms with Gasteiger partial charge in [-0.3, -0.25) is 0 Å². The van der Waals surface area contributed by atoms with Gasteiger partial charge in [0.2, 0.25) is 0 Å². The molecular formula is C17H25NO. The van der Waals surface area contributed by atoms with Gasteiger partial charge in [0.25, 0.3) is 0 Å². The zero-order valence-electron chi connectivity index (χ0n) is 11.9. The van der Waals surface area contributed by atoms with E-state index in [2.05, 4.69) is 29.6 Å². The van der Waals surface area contributed by atoms with Crippen LogP contribution in [0.1, 0.15) is 24.0 Å². The maximum Gasteiger partial charge on any atom is 0.0587 e. The first-order valence-electron chi connectivity index (χ1n) is 7.65. The van der Waals surface area contributed by atoms with Crippen molar-refractivity contribution in [3.63, 3.8) is 0 Å². The molecule has 19 heavy (non-hydrogen) atoms. The third-order valence-electron chi connectivity index (χ3n) is 5.06. The molecular weight excluding hydrogens is 234 g/mol. The van der Waals surface area contributed by atoms with Crippen LogP contribution in [0.15, 0.2) is 24.3 Å². The number of ether oxygens (including phenoxy) is 1. The SMILES string of the molecule is COCCNCC1C2CCC1Cc1ccccc1C2. The second-order valence-corrected chi connectivity index (χ2v) is 6.14. The van der Waals surface area contributed by atoms with Gasteiger partial charge in [0.1, 0.15) is 0 Å². The van der Waals surface area contributed by atoms with E-state index in [0.29, 0.717) is 0 Å². The normalized spacial score (nSPS) is 29.0. The number of hydrogen-bond acceptors (Lipinski definition) is 2. The van der Waals surface area contributed by atoms with Crippen LogP contribution in [0.2, 0.25) is 0 Å². The second kappa shape index (κ2) is 6.06. The summed E-state index contributed by atoms with van der Waals surface area (Å²) in [4.78, 5) is 0. The highest BCUT2D eigenvalue weighted by atomic mass is 16.5. The monoisotopic (exact) mass is 259 g/mol. The standard InChI is InChI=1S/C17H25NO/c1-19-9-8-18-12-17-15-6-7-16(17)11-14-5-3-2-4-13(14)10-15/h2-5,15-18H,6-12H2,1H3. The number of benzene rings is 1. The van der Waals surface area contributed by atoms with Crippen LogP contribution in [0.4, 0.5) is 0 Å². The first kappa shape index (κ1) is 13.1. The van der Waals surface area contributed by atoms with Crippen LogP contribution in [0, 0.1) is 17.8 Å². The Bertz CT molecular complexity index is 384. The Balaban J connectivity index is 1.66.